The molecular formula is C13H19NO2SSi. The first-order valence-electron chi connectivity index (χ1n) is 5.95. The van der Waals surface area contributed by atoms with Crippen LogP contribution in [0.1, 0.15) is 5.56 Å². The van der Waals surface area contributed by atoms with Gasteiger partial charge in [-0.15, -0.1) is 0 Å². The van der Waals surface area contributed by atoms with Gasteiger partial charge in [-0.3, -0.25) is 0 Å². The summed E-state index contributed by atoms with van der Waals surface area (Å²) in [6.07, 6.45) is 1.27. The summed E-state index contributed by atoms with van der Waals surface area (Å²) in [6, 6.07) is 7.98. The first-order chi connectivity index (χ1) is 8.15. The molecule has 1 aromatic carbocycles. The Kier molecular flexibility index (Phi) is 3.15. The van der Waals surface area contributed by atoms with Crippen molar-refractivity contribution >= 4 is 34.1 Å². The van der Waals surface area contributed by atoms with Gasteiger partial charge in [0, 0.05) is 11.8 Å². The van der Waals surface area contributed by atoms with Crippen molar-refractivity contribution in [2.45, 2.75) is 25.4 Å². The minimum absolute atomic E-state index is 0.108. The maximum atomic E-state index is 11.3. The summed E-state index contributed by atoms with van der Waals surface area (Å²) in [4.78, 5) is 3.44. The van der Waals surface area contributed by atoms with Crippen LogP contribution in [0.5, 0.6) is 0 Å². The monoisotopic (exact) mass is 281 g/mol. The molecule has 0 aliphatic heterocycles. The molecule has 0 spiro atoms. The normalized spacial score (nSPS) is 13.1. The Balaban J connectivity index is 2.46. The molecule has 5 heteroatoms. The molecule has 1 N–H and O–H groups in total. The lowest BCUT2D eigenvalue weighted by Gasteiger charge is -2.12. The van der Waals surface area contributed by atoms with E-state index in [4.69, 9.17) is 0 Å². The number of hydrogen-bond donors (Lipinski definition) is 1. The highest BCUT2D eigenvalue weighted by Crippen LogP contribution is 2.17. The molecule has 98 valence electrons. The molecule has 0 saturated carbocycles. The molecule has 0 amide bonds. The maximum Gasteiger partial charge on any atom is 0.151 e. The minimum atomic E-state index is -2.97. The van der Waals surface area contributed by atoms with E-state index in [1.165, 1.54) is 11.6 Å². The second-order valence-corrected chi connectivity index (χ2v) is 13.1. The van der Waals surface area contributed by atoms with Crippen LogP contribution < -0.4 is 5.32 Å². The highest BCUT2D eigenvalue weighted by atomic mass is 32.2. The van der Waals surface area contributed by atoms with Crippen molar-refractivity contribution in [3.8, 4) is 0 Å². The van der Waals surface area contributed by atoms with Crippen molar-refractivity contribution in [3.63, 3.8) is 0 Å². The van der Waals surface area contributed by atoms with Gasteiger partial charge in [0.1, 0.15) is 0 Å². The van der Waals surface area contributed by atoms with Crippen LogP contribution in [0.2, 0.25) is 19.6 Å². The van der Waals surface area contributed by atoms with E-state index in [-0.39, 0.29) is 5.75 Å². The quantitative estimate of drug-likeness (QED) is 0.877. The van der Waals surface area contributed by atoms with E-state index in [2.05, 4.69) is 30.7 Å². The van der Waals surface area contributed by atoms with Crippen LogP contribution in [-0.4, -0.2) is 27.7 Å². The Bertz CT molecular complexity index is 681. The third-order valence-electron chi connectivity index (χ3n) is 2.92. The summed E-state index contributed by atoms with van der Waals surface area (Å²) < 4.78 is 22.6. The number of rotatable bonds is 3. The Labute approximate surface area is 109 Å². The number of aromatic nitrogens is 1. The van der Waals surface area contributed by atoms with Gasteiger partial charge >= 0.3 is 0 Å². The zero-order valence-corrected chi connectivity index (χ0v) is 13.1. The number of hydrogen-bond acceptors (Lipinski definition) is 2. The van der Waals surface area contributed by atoms with Gasteiger partial charge in [-0.1, -0.05) is 25.7 Å². The Morgan fingerprint density at radius 1 is 1.17 bits per heavy atom. The second-order valence-electron chi connectivity index (χ2n) is 5.92. The number of H-pyrrole nitrogens is 1. The summed E-state index contributed by atoms with van der Waals surface area (Å²) in [5.41, 5.74) is 1.94. The molecule has 18 heavy (non-hydrogen) atoms. The molecule has 0 saturated heterocycles. The molecule has 1 aromatic heterocycles. The third kappa shape index (κ3) is 3.03. The maximum absolute atomic E-state index is 11.3. The van der Waals surface area contributed by atoms with E-state index in [0.29, 0.717) is 0 Å². The third-order valence-corrected chi connectivity index (χ3v) is 5.67. The Hall–Kier alpha value is -1.07. The predicted molar refractivity (Wildman–Crippen MR) is 79.8 cm³/mol. The van der Waals surface area contributed by atoms with Crippen LogP contribution >= 0.6 is 0 Å². The fraction of sp³-hybridized carbons (Fsp3) is 0.385. The van der Waals surface area contributed by atoms with E-state index in [9.17, 15) is 8.42 Å². The zero-order chi connectivity index (χ0) is 13.6. The van der Waals surface area contributed by atoms with Gasteiger partial charge in [0.2, 0.25) is 0 Å². The van der Waals surface area contributed by atoms with E-state index < -0.39 is 17.9 Å². The first kappa shape index (κ1) is 13.4. The molecular weight excluding hydrogens is 262 g/mol. The lowest BCUT2D eigenvalue weighted by Crippen LogP contribution is -2.38. The number of aromatic amines is 1. The molecule has 0 atom stereocenters. The van der Waals surface area contributed by atoms with Gasteiger partial charge in [0.15, 0.2) is 9.84 Å². The fourth-order valence-electron chi connectivity index (χ4n) is 1.98. The summed E-state index contributed by atoms with van der Waals surface area (Å²) >= 11 is 0. The molecule has 0 aliphatic rings. The van der Waals surface area contributed by atoms with Crippen molar-refractivity contribution < 1.29 is 8.42 Å². The summed E-state index contributed by atoms with van der Waals surface area (Å²) in [5, 5.41) is 2.41. The first-order valence-corrected chi connectivity index (χ1v) is 11.5. The average molecular weight is 281 g/mol. The van der Waals surface area contributed by atoms with Gasteiger partial charge in [-0.05, 0) is 34.5 Å². The minimum Gasteiger partial charge on any atom is -0.362 e. The van der Waals surface area contributed by atoms with E-state index in [1.807, 2.05) is 18.2 Å². The average Bonchev–Trinajstić information content (AvgIpc) is 2.57. The molecule has 0 unspecified atom stereocenters. The summed E-state index contributed by atoms with van der Waals surface area (Å²) in [6.45, 7) is 6.86. The lowest BCUT2D eigenvalue weighted by molar-refractivity contribution is 0.601. The lowest BCUT2D eigenvalue weighted by atomic mass is 10.2. The molecule has 2 rings (SSSR count). The van der Waals surface area contributed by atoms with E-state index in [1.54, 1.807) is 0 Å². The van der Waals surface area contributed by atoms with Crippen LogP contribution in [0.4, 0.5) is 0 Å². The number of benzene rings is 1. The number of nitrogens with one attached hydrogen (secondary N) is 1. The molecule has 0 radical (unpaired) electrons. The SMILES string of the molecule is C[Si](C)(C)c1cc2cc(CS(C)(=O)=O)ccc2[nH]1. The summed E-state index contributed by atoms with van der Waals surface area (Å²) in [7, 11) is -4.32. The van der Waals surface area contributed by atoms with Gasteiger partial charge in [-0.2, -0.15) is 0 Å². The summed E-state index contributed by atoms with van der Waals surface area (Å²) in [5.74, 6) is 0.108. The highest BCUT2D eigenvalue weighted by molar-refractivity contribution is 7.89. The van der Waals surface area contributed by atoms with Crippen molar-refractivity contribution in [2.24, 2.45) is 0 Å². The number of sulfone groups is 1. The number of fused-ring (bicyclic) bond motifs is 1. The van der Waals surface area contributed by atoms with Crippen molar-refractivity contribution in [1.29, 1.82) is 0 Å². The predicted octanol–water partition coefficient (Wildman–Crippen LogP) is 2.26. The largest absolute Gasteiger partial charge is 0.362 e. The van der Waals surface area contributed by atoms with Crippen LogP contribution in [0, 0.1) is 0 Å². The van der Waals surface area contributed by atoms with Crippen LogP contribution in [0.15, 0.2) is 24.3 Å². The van der Waals surface area contributed by atoms with Crippen LogP contribution in [0.25, 0.3) is 10.9 Å². The molecule has 2 aromatic rings. The second kappa shape index (κ2) is 4.24. The van der Waals surface area contributed by atoms with E-state index >= 15 is 0 Å². The molecule has 3 nitrogen and oxygen atoms in total. The highest BCUT2D eigenvalue weighted by Gasteiger charge is 2.18. The topological polar surface area (TPSA) is 49.9 Å². The van der Waals surface area contributed by atoms with Crippen LogP contribution in [-0.2, 0) is 15.6 Å². The zero-order valence-electron chi connectivity index (χ0n) is 11.2. The Morgan fingerprint density at radius 2 is 1.83 bits per heavy atom. The standard InChI is InChI=1S/C13H19NO2SSi/c1-17(15,16)9-10-5-6-12-11(7-10)8-13(14-12)18(2,3)4/h5-8,14H,9H2,1-4H3. The smallest absolute Gasteiger partial charge is 0.151 e. The van der Waals surface area contributed by atoms with E-state index in [0.717, 1.165) is 16.5 Å². The molecule has 1 heterocycles. The van der Waals surface area contributed by atoms with Crippen molar-refractivity contribution in [2.75, 3.05) is 6.26 Å². The van der Waals surface area contributed by atoms with Gasteiger partial charge in [-0.25, -0.2) is 8.42 Å². The molecule has 0 fully saturated rings. The van der Waals surface area contributed by atoms with Crippen molar-refractivity contribution in [3.05, 3.63) is 29.8 Å². The molecule has 0 bridgehead atoms. The Morgan fingerprint density at radius 3 is 2.39 bits per heavy atom. The van der Waals surface area contributed by atoms with Crippen LogP contribution in [0.3, 0.4) is 0 Å². The fourth-order valence-corrected chi connectivity index (χ4v) is 3.86. The van der Waals surface area contributed by atoms with Gasteiger partial charge in [0.25, 0.3) is 0 Å². The molecule has 0 aliphatic carbocycles. The van der Waals surface area contributed by atoms with Gasteiger partial charge in [0.05, 0.1) is 13.8 Å². The van der Waals surface area contributed by atoms with Gasteiger partial charge < -0.3 is 4.98 Å². The van der Waals surface area contributed by atoms with Crippen molar-refractivity contribution in [1.82, 2.24) is 4.98 Å².